The van der Waals surface area contributed by atoms with Crippen LogP contribution in [-0.4, -0.2) is 61.9 Å². The van der Waals surface area contributed by atoms with E-state index in [0.29, 0.717) is 13.2 Å². The summed E-state index contributed by atoms with van der Waals surface area (Å²) in [4.78, 5) is 11.3. The first-order valence-corrected chi connectivity index (χ1v) is 13.3. The molecule has 0 bridgehead atoms. The van der Waals surface area contributed by atoms with Gasteiger partial charge in [-0.3, -0.25) is 4.79 Å². The molecule has 0 heterocycles. The Balaban J connectivity index is 3.10. The molecule has 0 aromatic heterocycles. The highest BCUT2D eigenvalue weighted by atomic mass is 16.5. The monoisotopic (exact) mass is 460 g/mol. The minimum atomic E-state index is -1.02. The summed E-state index contributed by atoms with van der Waals surface area (Å²) in [6, 6.07) is 0. The van der Waals surface area contributed by atoms with E-state index < -0.39 is 18.7 Å². The maximum Gasteiger partial charge on any atom is 0.308 e. The maximum absolute atomic E-state index is 11.3. The number of rotatable bonds is 26. The van der Waals surface area contributed by atoms with Crippen molar-refractivity contribution in [3.8, 4) is 0 Å². The van der Waals surface area contributed by atoms with Crippen molar-refractivity contribution in [2.24, 2.45) is 0 Å². The topological polar surface area (TPSA) is 85.2 Å². The van der Waals surface area contributed by atoms with Crippen LogP contribution in [-0.2, 0) is 19.0 Å². The van der Waals surface area contributed by atoms with Crippen molar-refractivity contribution in [2.75, 3.05) is 39.6 Å². The lowest BCUT2D eigenvalue weighted by Gasteiger charge is -2.09. The first kappa shape index (κ1) is 31.3. The number of aliphatic hydroxyl groups is 2. The van der Waals surface area contributed by atoms with E-state index >= 15 is 0 Å². The van der Waals surface area contributed by atoms with Gasteiger partial charge in [-0.25, -0.2) is 0 Å². The molecule has 0 aromatic rings. The molecule has 192 valence electrons. The van der Waals surface area contributed by atoms with Gasteiger partial charge >= 0.3 is 5.97 Å². The highest BCUT2D eigenvalue weighted by Gasteiger charge is 2.07. The Morgan fingerprint density at radius 2 is 1.09 bits per heavy atom. The van der Waals surface area contributed by atoms with Gasteiger partial charge in [-0.05, 0) is 6.42 Å². The zero-order valence-corrected chi connectivity index (χ0v) is 20.9. The van der Waals surface area contributed by atoms with Gasteiger partial charge in [-0.15, -0.1) is 0 Å². The van der Waals surface area contributed by atoms with E-state index in [2.05, 4.69) is 6.92 Å². The molecule has 0 aromatic carbocycles. The number of esters is 1. The van der Waals surface area contributed by atoms with Gasteiger partial charge in [-0.1, -0.05) is 103 Å². The quantitative estimate of drug-likeness (QED) is 0.130. The maximum atomic E-state index is 11.3. The third-order valence-corrected chi connectivity index (χ3v) is 5.61. The van der Waals surface area contributed by atoms with E-state index in [4.69, 9.17) is 24.4 Å². The normalized spacial score (nSPS) is 12.2. The van der Waals surface area contributed by atoms with Crippen LogP contribution in [0.1, 0.15) is 116 Å². The van der Waals surface area contributed by atoms with E-state index in [-0.39, 0.29) is 19.6 Å². The third-order valence-electron chi connectivity index (χ3n) is 5.61. The molecule has 0 radical (unpaired) electrons. The Bertz CT molecular complexity index is 377. The Kier molecular flexibility index (Phi) is 26.0. The van der Waals surface area contributed by atoms with Crippen molar-refractivity contribution < 1.29 is 29.2 Å². The average Bonchev–Trinajstić information content (AvgIpc) is 2.80. The molecule has 1 atom stereocenters. The molecule has 1 unspecified atom stereocenters. The molecule has 6 nitrogen and oxygen atoms in total. The average molecular weight is 461 g/mol. The van der Waals surface area contributed by atoms with Crippen molar-refractivity contribution in [2.45, 2.75) is 122 Å². The minimum Gasteiger partial charge on any atom is -0.463 e. The zero-order chi connectivity index (χ0) is 23.5. The highest BCUT2D eigenvalue weighted by Crippen LogP contribution is 2.13. The van der Waals surface area contributed by atoms with Crippen molar-refractivity contribution in [1.29, 1.82) is 0 Å². The number of carbonyl (C=O) groups is 1. The molecule has 2 N–H and O–H groups in total. The number of unbranched alkanes of at least 4 members (excludes halogenated alkanes) is 15. The Hall–Kier alpha value is -0.690. The van der Waals surface area contributed by atoms with E-state index in [0.717, 1.165) is 13.0 Å². The van der Waals surface area contributed by atoms with Gasteiger partial charge in [0.05, 0.1) is 32.8 Å². The molecule has 0 saturated carbocycles. The van der Waals surface area contributed by atoms with Crippen molar-refractivity contribution >= 4 is 5.97 Å². The number of aliphatic hydroxyl groups excluding tert-OH is 2. The van der Waals surface area contributed by atoms with Crippen LogP contribution in [0.3, 0.4) is 0 Å². The molecule has 0 rings (SSSR count). The molecule has 0 aliphatic carbocycles. The Labute approximate surface area is 197 Å². The number of carbonyl (C=O) groups excluding carboxylic acids is 1. The van der Waals surface area contributed by atoms with Crippen LogP contribution in [0.25, 0.3) is 0 Å². The van der Waals surface area contributed by atoms with Crippen LogP contribution >= 0.6 is 0 Å². The summed E-state index contributed by atoms with van der Waals surface area (Å²) in [5.41, 5.74) is 0. The molecule has 32 heavy (non-hydrogen) atoms. The van der Waals surface area contributed by atoms with Crippen molar-refractivity contribution in [3.05, 3.63) is 0 Å². The zero-order valence-electron chi connectivity index (χ0n) is 20.9. The largest absolute Gasteiger partial charge is 0.463 e. The summed E-state index contributed by atoms with van der Waals surface area (Å²) >= 11 is 0. The van der Waals surface area contributed by atoms with E-state index in [9.17, 15) is 4.79 Å². The van der Waals surface area contributed by atoms with Crippen LogP contribution < -0.4 is 0 Å². The van der Waals surface area contributed by atoms with Gasteiger partial charge in [0.25, 0.3) is 0 Å². The Morgan fingerprint density at radius 1 is 0.656 bits per heavy atom. The van der Waals surface area contributed by atoms with Gasteiger partial charge in [0.1, 0.15) is 12.7 Å². The van der Waals surface area contributed by atoms with Crippen molar-refractivity contribution in [3.63, 3.8) is 0 Å². The van der Waals surface area contributed by atoms with Crippen LogP contribution in [0, 0.1) is 0 Å². The molecule has 0 aliphatic heterocycles. The second-order valence-electron chi connectivity index (χ2n) is 8.80. The van der Waals surface area contributed by atoms with Crippen molar-refractivity contribution in [1.82, 2.24) is 0 Å². The predicted octanol–water partition coefficient (Wildman–Crippen LogP) is 5.57. The van der Waals surface area contributed by atoms with Crippen LogP contribution in [0.2, 0.25) is 0 Å². The second kappa shape index (κ2) is 26.6. The molecular formula is C26H52O6. The Morgan fingerprint density at radius 3 is 1.56 bits per heavy atom. The summed E-state index contributed by atoms with van der Waals surface area (Å²) in [6.45, 7) is 3.72. The lowest BCUT2D eigenvalue weighted by Crippen LogP contribution is -2.22. The SMILES string of the molecule is CCCCCCCCCCCCCCCCCCOCCOCCC(=O)OCC(O)CO. The second-order valence-corrected chi connectivity index (χ2v) is 8.80. The highest BCUT2D eigenvalue weighted by molar-refractivity contribution is 5.69. The summed E-state index contributed by atoms with van der Waals surface area (Å²) < 4.78 is 15.7. The van der Waals surface area contributed by atoms with E-state index in [1.165, 1.54) is 96.3 Å². The van der Waals surface area contributed by atoms with Crippen LogP contribution in [0.5, 0.6) is 0 Å². The smallest absolute Gasteiger partial charge is 0.308 e. The van der Waals surface area contributed by atoms with Gasteiger partial charge in [0.2, 0.25) is 0 Å². The molecule has 0 amide bonds. The standard InChI is InChI=1S/C26H52O6/c1-2-3-4-5-6-7-8-9-10-11-12-13-14-15-16-17-19-30-21-22-31-20-18-26(29)32-24-25(28)23-27/h25,27-28H,2-24H2,1H3. The molecule has 0 fully saturated rings. The summed E-state index contributed by atoms with van der Waals surface area (Å²) in [5, 5.41) is 17.7. The summed E-state index contributed by atoms with van der Waals surface area (Å²) in [5.74, 6) is -0.438. The molecule has 6 heteroatoms. The molecule has 0 aliphatic rings. The van der Waals surface area contributed by atoms with Gasteiger partial charge in [0, 0.05) is 6.61 Å². The lowest BCUT2D eigenvalue weighted by molar-refractivity contribution is -0.148. The third kappa shape index (κ3) is 25.6. The lowest BCUT2D eigenvalue weighted by atomic mass is 10.0. The fourth-order valence-electron chi connectivity index (χ4n) is 3.54. The molecular weight excluding hydrogens is 408 g/mol. The van der Waals surface area contributed by atoms with Gasteiger partial charge in [0.15, 0.2) is 0 Å². The van der Waals surface area contributed by atoms with Gasteiger partial charge in [-0.2, -0.15) is 0 Å². The number of ether oxygens (including phenoxy) is 3. The molecule has 0 spiro atoms. The summed E-state index contributed by atoms with van der Waals surface area (Å²) in [6.07, 6.45) is 21.0. The number of hydrogen-bond acceptors (Lipinski definition) is 6. The van der Waals surface area contributed by atoms with Crippen LogP contribution in [0.15, 0.2) is 0 Å². The fraction of sp³-hybridized carbons (Fsp3) is 0.962. The fourth-order valence-corrected chi connectivity index (χ4v) is 3.54. The summed E-state index contributed by atoms with van der Waals surface area (Å²) in [7, 11) is 0. The first-order chi connectivity index (χ1) is 15.7. The molecule has 0 saturated heterocycles. The van der Waals surface area contributed by atoms with E-state index in [1.807, 2.05) is 0 Å². The number of hydrogen-bond donors (Lipinski definition) is 2. The minimum absolute atomic E-state index is 0.136. The van der Waals surface area contributed by atoms with Gasteiger partial charge < -0.3 is 24.4 Å². The van der Waals surface area contributed by atoms with Crippen LogP contribution in [0.4, 0.5) is 0 Å². The van der Waals surface area contributed by atoms with E-state index in [1.54, 1.807) is 0 Å². The predicted molar refractivity (Wildman–Crippen MR) is 130 cm³/mol. The first-order valence-electron chi connectivity index (χ1n) is 13.3.